The van der Waals surface area contributed by atoms with Crippen LogP contribution < -0.4 is 10.6 Å². The second kappa shape index (κ2) is 6.13. The second-order valence-electron chi connectivity index (χ2n) is 4.97. The Hall–Kier alpha value is -1.44. The molecule has 1 aliphatic rings. The Balaban J connectivity index is 1.66. The molecule has 8 heteroatoms. The largest absolute Gasteiger partial charge is 0.382 e. The predicted octanol–water partition coefficient (Wildman–Crippen LogP) is 2.05. The van der Waals surface area contributed by atoms with Gasteiger partial charge in [0.05, 0.1) is 6.04 Å². The van der Waals surface area contributed by atoms with Crippen molar-refractivity contribution in [2.24, 2.45) is 0 Å². The summed E-state index contributed by atoms with van der Waals surface area (Å²) in [7, 11) is 0. The predicted molar refractivity (Wildman–Crippen MR) is 85.8 cm³/mol. The molecule has 0 spiro atoms. The quantitative estimate of drug-likeness (QED) is 0.931. The van der Waals surface area contributed by atoms with Crippen molar-refractivity contribution in [1.82, 2.24) is 19.9 Å². The van der Waals surface area contributed by atoms with E-state index in [1.807, 2.05) is 11.6 Å². The van der Waals surface area contributed by atoms with Crippen molar-refractivity contribution in [2.75, 3.05) is 36.8 Å². The van der Waals surface area contributed by atoms with Crippen molar-refractivity contribution in [3.05, 3.63) is 27.9 Å². The molecule has 0 unspecified atom stereocenters. The minimum atomic E-state index is 0.334. The number of rotatable bonds is 3. The van der Waals surface area contributed by atoms with E-state index in [0.717, 1.165) is 37.0 Å². The minimum Gasteiger partial charge on any atom is -0.382 e. The maximum absolute atomic E-state index is 6.19. The fourth-order valence-electron chi connectivity index (χ4n) is 2.51. The number of halogens is 1. The van der Waals surface area contributed by atoms with Crippen molar-refractivity contribution in [3.63, 3.8) is 0 Å². The van der Waals surface area contributed by atoms with Crippen LogP contribution in [0.3, 0.4) is 0 Å². The van der Waals surface area contributed by atoms with Crippen LogP contribution in [0.25, 0.3) is 0 Å². The molecule has 1 fully saturated rings. The van der Waals surface area contributed by atoms with Gasteiger partial charge in [0.25, 0.3) is 0 Å². The Morgan fingerprint density at radius 2 is 2.00 bits per heavy atom. The summed E-state index contributed by atoms with van der Waals surface area (Å²) in [5.41, 5.74) is 5.74. The summed E-state index contributed by atoms with van der Waals surface area (Å²) in [6.45, 7) is 5.82. The van der Waals surface area contributed by atoms with E-state index in [9.17, 15) is 0 Å². The Kier molecular flexibility index (Phi) is 4.23. The zero-order valence-corrected chi connectivity index (χ0v) is 13.3. The summed E-state index contributed by atoms with van der Waals surface area (Å²) in [4.78, 5) is 17.1. The van der Waals surface area contributed by atoms with Crippen molar-refractivity contribution in [1.29, 1.82) is 0 Å². The van der Waals surface area contributed by atoms with Gasteiger partial charge in [-0.2, -0.15) is 0 Å². The molecule has 1 saturated heterocycles. The van der Waals surface area contributed by atoms with Crippen molar-refractivity contribution in [3.8, 4) is 0 Å². The van der Waals surface area contributed by atoms with E-state index >= 15 is 0 Å². The molecule has 1 aliphatic heterocycles. The zero-order valence-electron chi connectivity index (χ0n) is 11.7. The van der Waals surface area contributed by atoms with Crippen LogP contribution in [0.4, 0.5) is 11.6 Å². The molecule has 112 valence electrons. The molecule has 0 amide bonds. The highest BCUT2D eigenvalue weighted by Gasteiger charge is 2.25. The van der Waals surface area contributed by atoms with Crippen molar-refractivity contribution < 1.29 is 0 Å². The van der Waals surface area contributed by atoms with Crippen LogP contribution >= 0.6 is 22.9 Å². The van der Waals surface area contributed by atoms with Gasteiger partial charge in [-0.25, -0.2) is 15.0 Å². The summed E-state index contributed by atoms with van der Waals surface area (Å²) in [6, 6.07) is 0.345. The number of nitrogen functional groups attached to an aromatic ring is 1. The van der Waals surface area contributed by atoms with Gasteiger partial charge in [0.15, 0.2) is 5.82 Å². The van der Waals surface area contributed by atoms with Crippen LogP contribution in [-0.2, 0) is 0 Å². The fourth-order valence-corrected chi connectivity index (χ4v) is 3.46. The van der Waals surface area contributed by atoms with E-state index in [1.165, 1.54) is 6.33 Å². The lowest BCUT2D eigenvalue weighted by Crippen LogP contribution is -2.47. The fraction of sp³-hybridized carbons (Fsp3) is 0.462. The lowest BCUT2D eigenvalue weighted by molar-refractivity contribution is 0.198. The average Bonchev–Trinajstić information content (AvgIpc) is 3.04. The summed E-state index contributed by atoms with van der Waals surface area (Å²) < 4.78 is 0. The molecule has 2 N–H and O–H groups in total. The number of anilines is 2. The average molecular weight is 325 g/mol. The van der Waals surface area contributed by atoms with Gasteiger partial charge in [0, 0.05) is 37.8 Å². The van der Waals surface area contributed by atoms with E-state index in [-0.39, 0.29) is 0 Å². The van der Waals surface area contributed by atoms with E-state index in [0.29, 0.717) is 16.9 Å². The molecular weight excluding hydrogens is 308 g/mol. The highest BCUT2D eigenvalue weighted by atomic mass is 35.5. The number of nitrogens with zero attached hydrogens (tertiary/aromatic N) is 5. The molecular formula is C13H17ClN6S. The van der Waals surface area contributed by atoms with Crippen LogP contribution in [0.1, 0.15) is 18.0 Å². The van der Waals surface area contributed by atoms with E-state index in [4.69, 9.17) is 17.3 Å². The number of piperazine rings is 1. The maximum Gasteiger partial charge on any atom is 0.153 e. The molecule has 1 atom stereocenters. The van der Waals surface area contributed by atoms with E-state index in [1.54, 1.807) is 11.3 Å². The molecule has 6 nitrogen and oxygen atoms in total. The SMILES string of the molecule is C[C@H](c1nccs1)N1CCN(c2ncnc(N)c2Cl)CC1. The second-order valence-corrected chi connectivity index (χ2v) is 6.27. The first kappa shape index (κ1) is 14.5. The first-order valence-corrected chi connectivity index (χ1v) is 8.07. The van der Waals surface area contributed by atoms with Crippen LogP contribution in [-0.4, -0.2) is 46.0 Å². The van der Waals surface area contributed by atoms with Crippen LogP contribution in [0.2, 0.25) is 5.02 Å². The first-order chi connectivity index (χ1) is 10.2. The Bertz CT molecular complexity index is 597. The molecule has 3 rings (SSSR count). The maximum atomic E-state index is 6.19. The Morgan fingerprint density at radius 1 is 1.24 bits per heavy atom. The lowest BCUT2D eigenvalue weighted by Gasteiger charge is -2.38. The monoisotopic (exact) mass is 324 g/mol. The van der Waals surface area contributed by atoms with Gasteiger partial charge in [-0.15, -0.1) is 11.3 Å². The summed E-state index contributed by atoms with van der Waals surface area (Å²) in [5.74, 6) is 1.06. The highest BCUT2D eigenvalue weighted by Crippen LogP contribution is 2.29. The molecule has 0 bridgehead atoms. The van der Waals surface area contributed by atoms with Gasteiger partial charge in [-0.1, -0.05) is 11.6 Å². The summed E-state index contributed by atoms with van der Waals surface area (Å²) >= 11 is 7.89. The number of nitrogens with two attached hydrogens (primary N) is 1. The smallest absolute Gasteiger partial charge is 0.153 e. The first-order valence-electron chi connectivity index (χ1n) is 6.81. The molecule has 2 aromatic rings. The molecule has 0 radical (unpaired) electrons. The molecule has 3 heterocycles. The number of thiazole rings is 1. The van der Waals surface area contributed by atoms with Gasteiger partial charge in [-0.3, -0.25) is 4.90 Å². The normalized spacial score (nSPS) is 17.9. The number of aromatic nitrogens is 3. The zero-order chi connectivity index (χ0) is 14.8. The van der Waals surface area contributed by atoms with Crippen molar-refractivity contribution >= 4 is 34.6 Å². The third-order valence-corrected chi connectivity index (χ3v) is 5.08. The number of hydrogen-bond acceptors (Lipinski definition) is 7. The molecule has 2 aromatic heterocycles. The summed E-state index contributed by atoms with van der Waals surface area (Å²) in [6.07, 6.45) is 3.32. The van der Waals surface area contributed by atoms with Gasteiger partial charge in [0.1, 0.15) is 22.2 Å². The van der Waals surface area contributed by atoms with Crippen LogP contribution in [0.5, 0.6) is 0 Å². The topological polar surface area (TPSA) is 71.2 Å². The van der Waals surface area contributed by atoms with Gasteiger partial charge in [-0.05, 0) is 6.92 Å². The molecule has 0 saturated carbocycles. The van der Waals surface area contributed by atoms with Gasteiger partial charge in [0.2, 0.25) is 0 Å². The standard InChI is InChI=1S/C13H17ClN6S/c1-9(13-16-2-7-21-13)19-3-5-20(6-4-19)12-10(14)11(15)17-8-18-12/h2,7-9H,3-6H2,1H3,(H2,15,17,18)/t9-/m1/s1. The van der Waals surface area contributed by atoms with Crippen LogP contribution in [0, 0.1) is 0 Å². The van der Waals surface area contributed by atoms with E-state index < -0.39 is 0 Å². The Morgan fingerprint density at radius 3 is 2.67 bits per heavy atom. The molecule has 0 aliphatic carbocycles. The van der Waals surface area contributed by atoms with Gasteiger partial charge >= 0.3 is 0 Å². The third kappa shape index (κ3) is 2.95. The highest BCUT2D eigenvalue weighted by molar-refractivity contribution is 7.09. The molecule has 21 heavy (non-hydrogen) atoms. The third-order valence-electron chi connectivity index (χ3n) is 3.77. The lowest BCUT2D eigenvalue weighted by atomic mass is 10.2. The summed E-state index contributed by atoms with van der Waals surface area (Å²) in [5, 5.41) is 3.62. The van der Waals surface area contributed by atoms with E-state index in [2.05, 4.69) is 31.7 Å². The van der Waals surface area contributed by atoms with Crippen LogP contribution in [0.15, 0.2) is 17.9 Å². The number of hydrogen-bond donors (Lipinski definition) is 1. The minimum absolute atomic E-state index is 0.334. The molecule has 0 aromatic carbocycles. The van der Waals surface area contributed by atoms with Gasteiger partial charge < -0.3 is 10.6 Å². The van der Waals surface area contributed by atoms with Crippen molar-refractivity contribution in [2.45, 2.75) is 13.0 Å². The Labute approximate surface area is 132 Å².